The lowest BCUT2D eigenvalue weighted by Crippen LogP contribution is -2.23. The van der Waals surface area contributed by atoms with Gasteiger partial charge in [-0.15, -0.1) is 10.2 Å². The van der Waals surface area contributed by atoms with Gasteiger partial charge in [-0.25, -0.2) is 0 Å². The molecule has 1 N–H and O–H groups in total. The number of para-hydroxylation sites is 1. The topological polar surface area (TPSA) is 87.5 Å². The highest BCUT2D eigenvalue weighted by Gasteiger charge is 2.21. The zero-order chi connectivity index (χ0) is 20.9. The molecule has 0 aliphatic carbocycles. The monoisotopic (exact) mass is 426 g/mol. The van der Waals surface area contributed by atoms with Gasteiger partial charge in [0, 0.05) is 18.3 Å². The van der Waals surface area contributed by atoms with Crippen molar-refractivity contribution in [1.29, 1.82) is 0 Å². The molecular weight excluding hydrogens is 404 g/mol. The Morgan fingerprint density at radius 1 is 1.20 bits per heavy atom. The van der Waals surface area contributed by atoms with Crippen LogP contribution in [0.25, 0.3) is 0 Å². The summed E-state index contributed by atoms with van der Waals surface area (Å²) in [7, 11) is 0. The van der Waals surface area contributed by atoms with Gasteiger partial charge >= 0.3 is 0 Å². The minimum Gasteiger partial charge on any atom is -0.486 e. The first kappa shape index (κ1) is 20.1. The van der Waals surface area contributed by atoms with Gasteiger partial charge < -0.3 is 24.1 Å². The lowest BCUT2D eigenvalue weighted by atomic mass is 10.2. The molecule has 8 nitrogen and oxygen atoms in total. The summed E-state index contributed by atoms with van der Waals surface area (Å²) >= 11 is 1.36. The summed E-state index contributed by atoms with van der Waals surface area (Å²) in [6.45, 7) is 5.03. The van der Waals surface area contributed by atoms with E-state index in [9.17, 15) is 4.79 Å². The molecule has 0 saturated heterocycles. The maximum Gasteiger partial charge on any atom is 0.237 e. The van der Waals surface area contributed by atoms with Crippen LogP contribution in [0.4, 0.5) is 5.69 Å². The Hall–Kier alpha value is -3.20. The molecule has 9 heteroatoms. The zero-order valence-corrected chi connectivity index (χ0v) is 17.5. The van der Waals surface area contributed by atoms with Crippen molar-refractivity contribution in [2.24, 2.45) is 0 Å². The molecule has 1 atom stereocenters. The first-order chi connectivity index (χ1) is 14.6. The van der Waals surface area contributed by atoms with Crippen LogP contribution < -0.4 is 19.5 Å². The van der Waals surface area contributed by atoms with E-state index >= 15 is 0 Å². The second kappa shape index (κ2) is 9.08. The van der Waals surface area contributed by atoms with Gasteiger partial charge in [0.1, 0.15) is 12.4 Å². The summed E-state index contributed by atoms with van der Waals surface area (Å²) < 4.78 is 18.4. The molecule has 0 unspecified atom stereocenters. The van der Waals surface area contributed by atoms with E-state index in [1.165, 1.54) is 11.8 Å². The van der Waals surface area contributed by atoms with Crippen molar-refractivity contribution < 1.29 is 19.0 Å². The fourth-order valence-electron chi connectivity index (χ4n) is 2.93. The highest BCUT2D eigenvalue weighted by molar-refractivity contribution is 8.00. The second-order valence-corrected chi connectivity index (χ2v) is 7.87. The number of rotatable bonds is 8. The van der Waals surface area contributed by atoms with E-state index in [0.29, 0.717) is 41.3 Å². The van der Waals surface area contributed by atoms with Crippen molar-refractivity contribution in [3.8, 4) is 17.2 Å². The van der Waals surface area contributed by atoms with E-state index in [1.807, 2.05) is 48.7 Å². The lowest BCUT2D eigenvalue weighted by molar-refractivity contribution is -0.115. The van der Waals surface area contributed by atoms with Crippen molar-refractivity contribution in [2.75, 3.05) is 12.1 Å². The summed E-state index contributed by atoms with van der Waals surface area (Å²) in [5.74, 6) is 2.66. The predicted octanol–water partition coefficient (Wildman–Crippen LogP) is 3.73. The summed E-state index contributed by atoms with van der Waals surface area (Å²) in [5, 5.41) is 11.7. The van der Waals surface area contributed by atoms with Gasteiger partial charge in [-0.05, 0) is 38.1 Å². The number of benzene rings is 2. The zero-order valence-electron chi connectivity index (χ0n) is 16.7. The number of aromatic nitrogens is 3. The van der Waals surface area contributed by atoms with E-state index in [4.69, 9.17) is 14.2 Å². The highest BCUT2D eigenvalue weighted by Crippen LogP contribution is 2.34. The Morgan fingerprint density at radius 3 is 2.80 bits per heavy atom. The van der Waals surface area contributed by atoms with Crippen molar-refractivity contribution >= 4 is 23.4 Å². The number of carbonyl (C=O) groups is 1. The van der Waals surface area contributed by atoms with Gasteiger partial charge in [-0.2, -0.15) is 0 Å². The fourth-order valence-corrected chi connectivity index (χ4v) is 3.86. The molecule has 2 heterocycles. The van der Waals surface area contributed by atoms with E-state index in [1.54, 1.807) is 18.2 Å². The molecule has 156 valence electrons. The average Bonchev–Trinajstić information content (AvgIpc) is 3.39. The fraction of sp³-hybridized carbons (Fsp3) is 0.286. The molecule has 3 aromatic rings. The van der Waals surface area contributed by atoms with Crippen LogP contribution in [0.3, 0.4) is 0 Å². The first-order valence-corrected chi connectivity index (χ1v) is 10.5. The average molecular weight is 426 g/mol. The minimum absolute atomic E-state index is 0.133. The molecule has 4 rings (SSSR count). The first-order valence-electron chi connectivity index (χ1n) is 9.61. The summed E-state index contributed by atoms with van der Waals surface area (Å²) in [6, 6.07) is 14.9. The largest absolute Gasteiger partial charge is 0.486 e. The number of hydrogen-bond acceptors (Lipinski definition) is 7. The third kappa shape index (κ3) is 4.51. The number of thioether (sulfide) groups is 1. The van der Waals surface area contributed by atoms with Crippen LogP contribution in [-0.4, -0.2) is 32.7 Å². The molecule has 30 heavy (non-hydrogen) atoms. The van der Waals surface area contributed by atoms with Crippen molar-refractivity contribution in [3.05, 3.63) is 54.4 Å². The summed E-state index contributed by atoms with van der Waals surface area (Å²) in [6.07, 6.45) is 0. The number of ether oxygens (including phenoxy) is 3. The van der Waals surface area contributed by atoms with Crippen LogP contribution in [0.15, 0.2) is 53.7 Å². The van der Waals surface area contributed by atoms with Crippen molar-refractivity contribution in [1.82, 2.24) is 14.8 Å². The SMILES string of the molecule is CCn1c(COc2ccccc2)nnc1S[C@@H](C)C(=O)Nc1ccc2c(c1)OCO2. The third-order valence-electron chi connectivity index (χ3n) is 4.51. The van der Waals surface area contributed by atoms with Crippen LogP contribution >= 0.6 is 11.8 Å². The maximum absolute atomic E-state index is 12.6. The Labute approximate surface area is 178 Å². The standard InChI is InChI=1S/C21H22N4O4S/c1-3-25-19(12-27-16-7-5-4-6-8-16)23-24-21(25)30-14(2)20(26)22-15-9-10-17-18(11-15)29-13-28-17/h4-11,14H,3,12-13H2,1-2H3,(H,22,26)/t14-/m0/s1. The van der Waals surface area contributed by atoms with E-state index < -0.39 is 0 Å². The summed E-state index contributed by atoms with van der Waals surface area (Å²) in [4.78, 5) is 12.6. The normalized spacial score (nSPS) is 13.1. The molecule has 0 fully saturated rings. The van der Waals surface area contributed by atoms with Gasteiger partial charge in [0.05, 0.1) is 5.25 Å². The predicted molar refractivity (Wildman–Crippen MR) is 113 cm³/mol. The minimum atomic E-state index is -0.368. The summed E-state index contributed by atoms with van der Waals surface area (Å²) in [5.41, 5.74) is 0.658. The molecular formula is C21H22N4O4S. The smallest absolute Gasteiger partial charge is 0.237 e. The van der Waals surface area contributed by atoms with E-state index in [-0.39, 0.29) is 18.0 Å². The molecule has 0 bridgehead atoms. The van der Waals surface area contributed by atoms with Gasteiger partial charge in [0.25, 0.3) is 0 Å². The Kier molecular flexibility index (Phi) is 6.08. The van der Waals surface area contributed by atoms with Gasteiger partial charge in [0.2, 0.25) is 12.7 Å². The number of anilines is 1. The Balaban J connectivity index is 1.38. The Morgan fingerprint density at radius 2 is 2.00 bits per heavy atom. The van der Waals surface area contributed by atoms with Crippen LogP contribution in [0, 0.1) is 0 Å². The molecule has 0 radical (unpaired) electrons. The van der Waals surface area contributed by atoms with Gasteiger partial charge in [0.15, 0.2) is 22.5 Å². The third-order valence-corrected chi connectivity index (χ3v) is 5.59. The Bertz CT molecular complexity index is 1030. The number of hydrogen-bond donors (Lipinski definition) is 1. The van der Waals surface area contributed by atoms with Gasteiger partial charge in [-0.1, -0.05) is 30.0 Å². The second-order valence-electron chi connectivity index (χ2n) is 6.56. The van der Waals surface area contributed by atoms with Crippen molar-refractivity contribution in [2.45, 2.75) is 37.4 Å². The molecule has 1 amide bonds. The molecule has 1 aromatic heterocycles. The molecule has 1 aliphatic rings. The molecule has 0 spiro atoms. The molecule has 1 aliphatic heterocycles. The van der Waals surface area contributed by atoms with Gasteiger partial charge in [-0.3, -0.25) is 4.79 Å². The van der Waals surface area contributed by atoms with E-state index in [0.717, 1.165) is 5.75 Å². The number of amides is 1. The highest BCUT2D eigenvalue weighted by atomic mass is 32.2. The number of carbonyl (C=O) groups excluding carboxylic acids is 1. The van der Waals surface area contributed by atoms with Crippen LogP contribution in [0.5, 0.6) is 17.2 Å². The van der Waals surface area contributed by atoms with Crippen molar-refractivity contribution in [3.63, 3.8) is 0 Å². The lowest BCUT2D eigenvalue weighted by Gasteiger charge is -2.13. The quantitative estimate of drug-likeness (QED) is 0.549. The number of fused-ring (bicyclic) bond motifs is 1. The van der Waals surface area contributed by atoms with Crippen LogP contribution in [0.1, 0.15) is 19.7 Å². The number of nitrogens with zero attached hydrogens (tertiary/aromatic N) is 3. The van der Waals surface area contributed by atoms with Crippen LogP contribution in [-0.2, 0) is 17.9 Å². The van der Waals surface area contributed by atoms with E-state index in [2.05, 4.69) is 15.5 Å². The molecule has 0 saturated carbocycles. The maximum atomic E-state index is 12.6. The number of nitrogens with one attached hydrogen (secondary N) is 1. The molecule has 2 aromatic carbocycles. The van der Waals surface area contributed by atoms with Crippen LogP contribution in [0.2, 0.25) is 0 Å².